The zero-order valence-electron chi connectivity index (χ0n) is 15.2. The predicted molar refractivity (Wildman–Crippen MR) is 100 cm³/mol. The summed E-state index contributed by atoms with van der Waals surface area (Å²) in [6, 6.07) is 6.62. The molecule has 0 amide bonds. The number of benzene rings is 1. The van der Waals surface area contributed by atoms with Crippen LogP contribution in [0.1, 0.15) is 45.6 Å². The SMILES string of the molecule is CC1(C)[C@@H]2C[C@H]3OB([C@@H](N)CCc4ccc(F)cc4)O[C@@]3(C)[C@H]1C2.Cl. The maximum Gasteiger partial charge on any atom is 0.475 e. The summed E-state index contributed by atoms with van der Waals surface area (Å²) in [7, 11) is -0.324. The molecule has 1 aromatic rings. The fourth-order valence-electron chi connectivity index (χ4n) is 5.20. The molecule has 4 aliphatic rings. The first-order chi connectivity index (χ1) is 11.3. The highest BCUT2D eigenvalue weighted by Gasteiger charge is 2.68. The molecule has 138 valence electrons. The van der Waals surface area contributed by atoms with Gasteiger partial charge in [-0.3, -0.25) is 0 Å². The lowest BCUT2D eigenvalue weighted by Gasteiger charge is -2.64. The van der Waals surface area contributed by atoms with Gasteiger partial charge in [-0.1, -0.05) is 26.0 Å². The van der Waals surface area contributed by atoms with E-state index in [-0.39, 0.29) is 43.0 Å². The topological polar surface area (TPSA) is 44.5 Å². The lowest BCUT2D eigenvalue weighted by molar-refractivity contribution is -0.199. The standard InChI is InChI=1S/C19H27BFNO2.ClH/c1-18(2)13-10-15(18)19(3)16(11-13)23-20(24-19)17(22)9-6-12-4-7-14(21)8-5-12;/h4-5,7-8,13,15-17H,6,9-11,22H2,1-3H3;1H/t13-,15-,16+,17-,19-;/m0./s1. The Labute approximate surface area is 156 Å². The summed E-state index contributed by atoms with van der Waals surface area (Å²) in [4.78, 5) is 0. The molecule has 5 atom stereocenters. The summed E-state index contributed by atoms with van der Waals surface area (Å²) in [6.45, 7) is 6.93. The normalized spacial score (nSPS) is 36.2. The van der Waals surface area contributed by atoms with Gasteiger partial charge in [0.05, 0.1) is 11.7 Å². The summed E-state index contributed by atoms with van der Waals surface area (Å²) < 4.78 is 25.6. The average molecular weight is 368 g/mol. The lowest BCUT2D eigenvalue weighted by Crippen LogP contribution is -2.65. The van der Waals surface area contributed by atoms with Crippen LogP contribution in [0.2, 0.25) is 0 Å². The van der Waals surface area contributed by atoms with Crippen molar-refractivity contribution in [3.05, 3.63) is 35.6 Å². The van der Waals surface area contributed by atoms with Gasteiger partial charge in [0.1, 0.15) is 5.82 Å². The van der Waals surface area contributed by atoms with Crippen molar-refractivity contribution in [1.82, 2.24) is 0 Å². The molecule has 4 fully saturated rings. The van der Waals surface area contributed by atoms with Gasteiger partial charge in [-0.15, -0.1) is 12.4 Å². The molecule has 3 aliphatic carbocycles. The highest BCUT2D eigenvalue weighted by atomic mass is 35.5. The number of nitrogens with two attached hydrogens (primary N) is 1. The Balaban J connectivity index is 0.00000182. The van der Waals surface area contributed by atoms with E-state index in [0.29, 0.717) is 11.3 Å². The minimum absolute atomic E-state index is 0. The van der Waals surface area contributed by atoms with Crippen LogP contribution in [-0.2, 0) is 15.7 Å². The highest BCUT2D eigenvalue weighted by Crippen LogP contribution is 2.65. The molecule has 1 aliphatic heterocycles. The average Bonchev–Trinajstić information content (AvgIpc) is 2.91. The molecular formula is C19H28BClFNO2. The lowest BCUT2D eigenvalue weighted by atomic mass is 9.43. The van der Waals surface area contributed by atoms with Crippen molar-refractivity contribution in [3.8, 4) is 0 Å². The number of rotatable bonds is 4. The maximum atomic E-state index is 13.0. The molecule has 5 rings (SSSR count). The Morgan fingerprint density at radius 2 is 1.92 bits per heavy atom. The van der Waals surface area contributed by atoms with Crippen LogP contribution in [0.4, 0.5) is 4.39 Å². The van der Waals surface area contributed by atoms with Gasteiger partial charge in [-0.2, -0.15) is 0 Å². The van der Waals surface area contributed by atoms with Gasteiger partial charge in [0.15, 0.2) is 0 Å². The van der Waals surface area contributed by atoms with Crippen molar-refractivity contribution in [2.24, 2.45) is 23.0 Å². The first-order valence-corrected chi connectivity index (χ1v) is 9.14. The van der Waals surface area contributed by atoms with E-state index in [9.17, 15) is 4.39 Å². The second-order valence-electron chi connectivity index (χ2n) is 8.67. The summed E-state index contributed by atoms with van der Waals surface area (Å²) in [5, 5.41) is 0. The van der Waals surface area contributed by atoms with Gasteiger partial charge < -0.3 is 15.0 Å². The smallest absolute Gasteiger partial charge is 0.404 e. The van der Waals surface area contributed by atoms with E-state index in [4.69, 9.17) is 15.0 Å². The summed E-state index contributed by atoms with van der Waals surface area (Å²) >= 11 is 0. The zero-order valence-corrected chi connectivity index (χ0v) is 16.0. The van der Waals surface area contributed by atoms with Crippen LogP contribution in [0.15, 0.2) is 24.3 Å². The van der Waals surface area contributed by atoms with Crippen LogP contribution >= 0.6 is 12.4 Å². The molecule has 2 N–H and O–H groups in total. The predicted octanol–water partition coefficient (Wildman–Crippen LogP) is 3.77. The van der Waals surface area contributed by atoms with Crippen LogP contribution in [0.3, 0.4) is 0 Å². The van der Waals surface area contributed by atoms with Gasteiger partial charge in [0.25, 0.3) is 0 Å². The van der Waals surface area contributed by atoms with E-state index >= 15 is 0 Å². The second-order valence-corrected chi connectivity index (χ2v) is 8.67. The van der Waals surface area contributed by atoms with Crippen molar-refractivity contribution >= 4 is 19.5 Å². The summed E-state index contributed by atoms with van der Waals surface area (Å²) in [6.07, 6.45) is 4.10. The Bertz CT molecular complexity index is 628. The monoisotopic (exact) mass is 367 g/mol. The quantitative estimate of drug-likeness (QED) is 0.824. The van der Waals surface area contributed by atoms with Crippen LogP contribution in [0.25, 0.3) is 0 Å². The van der Waals surface area contributed by atoms with Crippen LogP contribution in [0, 0.1) is 23.1 Å². The van der Waals surface area contributed by atoms with Gasteiger partial charge in [0, 0.05) is 5.94 Å². The molecule has 6 heteroatoms. The van der Waals surface area contributed by atoms with E-state index in [1.165, 1.54) is 18.6 Å². The maximum absolute atomic E-state index is 13.0. The Morgan fingerprint density at radius 3 is 2.56 bits per heavy atom. The molecule has 1 heterocycles. The van der Waals surface area contributed by atoms with Crippen molar-refractivity contribution in [2.45, 2.75) is 64.1 Å². The molecule has 1 saturated heterocycles. The number of hydrogen-bond donors (Lipinski definition) is 1. The van der Waals surface area contributed by atoms with E-state index in [0.717, 1.165) is 30.7 Å². The molecule has 2 bridgehead atoms. The zero-order chi connectivity index (χ0) is 17.1. The number of hydrogen-bond acceptors (Lipinski definition) is 3. The largest absolute Gasteiger partial charge is 0.475 e. The van der Waals surface area contributed by atoms with Gasteiger partial charge >= 0.3 is 7.12 Å². The first kappa shape index (κ1) is 19.2. The molecular weight excluding hydrogens is 339 g/mol. The molecule has 0 unspecified atom stereocenters. The highest BCUT2D eigenvalue weighted by molar-refractivity contribution is 6.47. The van der Waals surface area contributed by atoms with Gasteiger partial charge in [0.2, 0.25) is 0 Å². The van der Waals surface area contributed by atoms with Crippen LogP contribution in [0.5, 0.6) is 0 Å². The van der Waals surface area contributed by atoms with Gasteiger partial charge in [-0.25, -0.2) is 4.39 Å². The number of aryl methyl sites for hydroxylation is 1. The molecule has 1 aromatic carbocycles. The summed E-state index contributed by atoms with van der Waals surface area (Å²) in [5.41, 5.74) is 7.62. The molecule has 0 spiro atoms. The number of halogens is 2. The Hall–Kier alpha value is -0.615. The van der Waals surface area contributed by atoms with E-state index in [1.54, 1.807) is 0 Å². The molecule has 0 radical (unpaired) electrons. The minimum Gasteiger partial charge on any atom is -0.404 e. The Kier molecular flexibility index (Phi) is 5.00. The van der Waals surface area contributed by atoms with Crippen molar-refractivity contribution in [1.29, 1.82) is 0 Å². The third-order valence-corrected chi connectivity index (χ3v) is 7.00. The summed E-state index contributed by atoms with van der Waals surface area (Å²) in [5.74, 6) is 0.948. The van der Waals surface area contributed by atoms with E-state index in [1.807, 2.05) is 12.1 Å². The molecule has 0 aromatic heterocycles. The van der Waals surface area contributed by atoms with Crippen LogP contribution < -0.4 is 5.73 Å². The molecule has 25 heavy (non-hydrogen) atoms. The van der Waals surface area contributed by atoms with Crippen molar-refractivity contribution in [3.63, 3.8) is 0 Å². The molecule has 3 saturated carbocycles. The third kappa shape index (κ3) is 3.03. The second kappa shape index (κ2) is 6.52. The van der Waals surface area contributed by atoms with E-state index in [2.05, 4.69) is 20.8 Å². The van der Waals surface area contributed by atoms with Crippen LogP contribution in [-0.4, -0.2) is 24.8 Å². The fourth-order valence-corrected chi connectivity index (χ4v) is 5.20. The molecule has 3 nitrogen and oxygen atoms in total. The van der Waals surface area contributed by atoms with Crippen molar-refractivity contribution < 1.29 is 13.7 Å². The first-order valence-electron chi connectivity index (χ1n) is 9.14. The Morgan fingerprint density at radius 1 is 1.24 bits per heavy atom. The minimum atomic E-state index is -0.324. The fraction of sp³-hybridized carbons (Fsp3) is 0.684. The van der Waals surface area contributed by atoms with E-state index < -0.39 is 0 Å². The van der Waals surface area contributed by atoms with Gasteiger partial charge in [-0.05, 0) is 67.6 Å². The third-order valence-electron chi connectivity index (χ3n) is 7.00. The van der Waals surface area contributed by atoms with Crippen molar-refractivity contribution in [2.75, 3.05) is 0 Å².